The van der Waals surface area contributed by atoms with Crippen LogP contribution in [0.4, 0.5) is 0 Å². The Bertz CT molecular complexity index is 534. The van der Waals surface area contributed by atoms with Gasteiger partial charge in [-0.05, 0) is 6.42 Å². The molecule has 2 heterocycles. The molecule has 6 heteroatoms. The van der Waals surface area contributed by atoms with Crippen molar-refractivity contribution in [1.82, 2.24) is 14.9 Å². The lowest BCUT2D eigenvalue weighted by atomic mass is 10.1. The summed E-state index contributed by atoms with van der Waals surface area (Å²) in [5, 5.41) is 0.334. The summed E-state index contributed by atoms with van der Waals surface area (Å²) in [5.41, 5.74) is 0.333. The molecule has 1 amide bonds. The quantitative estimate of drug-likeness (QED) is 0.832. The number of nitrogens with zero attached hydrogens (tertiary/aromatic N) is 3. The van der Waals surface area contributed by atoms with Gasteiger partial charge in [-0.25, -0.2) is 9.97 Å². The fourth-order valence-electron chi connectivity index (χ4n) is 2.18. The third-order valence-electron chi connectivity index (χ3n) is 3.61. The minimum atomic E-state index is -0.0809. The number of aromatic nitrogens is 2. The summed E-state index contributed by atoms with van der Waals surface area (Å²) in [7, 11) is 0. The molecule has 1 aliphatic rings. The van der Waals surface area contributed by atoms with Gasteiger partial charge in [0.2, 0.25) is 0 Å². The minimum Gasteiger partial charge on any atom is -0.336 e. The van der Waals surface area contributed by atoms with Crippen LogP contribution in [0.5, 0.6) is 0 Å². The van der Waals surface area contributed by atoms with Gasteiger partial charge in [-0.1, -0.05) is 39.3 Å². The molecule has 1 aromatic heterocycles. The summed E-state index contributed by atoms with van der Waals surface area (Å²) >= 11 is 8.04. The van der Waals surface area contributed by atoms with Gasteiger partial charge in [0.05, 0.1) is 11.2 Å². The second-order valence-electron chi connectivity index (χ2n) is 6.23. The van der Waals surface area contributed by atoms with E-state index in [1.54, 1.807) is 0 Å². The fourth-order valence-corrected chi connectivity index (χ4v) is 3.45. The van der Waals surface area contributed by atoms with Gasteiger partial charge in [0, 0.05) is 29.5 Å². The largest absolute Gasteiger partial charge is 0.336 e. The zero-order chi connectivity index (χ0) is 15.6. The number of hydrogen-bond donors (Lipinski definition) is 0. The molecule has 1 aromatic rings. The molecule has 1 aliphatic heterocycles. The van der Waals surface area contributed by atoms with Gasteiger partial charge in [0.1, 0.15) is 5.82 Å². The van der Waals surface area contributed by atoms with Crippen LogP contribution in [-0.2, 0) is 0 Å². The van der Waals surface area contributed by atoms with Gasteiger partial charge in [-0.3, -0.25) is 4.79 Å². The van der Waals surface area contributed by atoms with Crippen LogP contribution in [0.3, 0.4) is 0 Å². The van der Waals surface area contributed by atoms with Crippen LogP contribution >= 0.6 is 23.4 Å². The van der Waals surface area contributed by atoms with Gasteiger partial charge < -0.3 is 4.90 Å². The highest BCUT2D eigenvalue weighted by Gasteiger charge is 2.28. The molecule has 1 saturated heterocycles. The van der Waals surface area contributed by atoms with Crippen LogP contribution < -0.4 is 0 Å². The van der Waals surface area contributed by atoms with E-state index in [0.717, 1.165) is 25.3 Å². The summed E-state index contributed by atoms with van der Waals surface area (Å²) in [6.45, 7) is 9.94. The smallest absolute Gasteiger partial charge is 0.274 e. The summed E-state index contributed by atoms with van der Waals surface area (Å²) in [5.74, 6) is 1.70. The normalized spacial score (nSPS) is 18.7. The molecule has 0 radical (unpaired) electrons. The summed E-state index contributed by atoms with van der Waals surface area (Å²) < 4.78 is 0.216. The molecule has 0 spiro atoms. The van der Waals surface area contributed by atoms with Crippen molar-refractivity contribution in [3.05, 3.63) is 22.7 Å². The first-order valence-corrected chi connectivity index (χ1v) is 8.62. The number of rotatable bonds is 2. The van der Waals surface area contributed by atoms with Crippen molar-refractivity contribution in [3.63, 3.8) is 0 Å². The van der Waals surface area contributed by atoms with Crippen LogP contribution in [0.1, 0.15) is 56.3 Å². The highest BCUT2D eigenvalue weighted by Crippen LogP contribution is 2.31. The molecule has 0 bridgehead atoms. The lowest BCUT2D eigenvalue weighted by Crippen LogP contribution is -2.34. The monoisotopic (exact) mass is 327 g/mol. The molecule has 0 unspecified atom stereocenters. The van der Waals surface area contributed by atoms with E-state index in [1.807, 2.05) is 30.5 Å². The van der Waals surface area contributed by atoms with Crippen molar-refractivity contribution in [2.45, 2.75) is 44.8 Å². The third-order valence-corrected chi connectivity index (χ3v) is 5.26. The van der Waals surface area contributed by atoms with E-state index in [9.17, 15) is 4.79 Å². The van der Waals surface area contributed by atoms with Crippen molar-refractivity contribution >= 4 is 29.3 Å². The second kappa shape index (κ2) is 6.53. The summed E-state index contributed by atoms with van der Waals surface area (Å²) in [6, 6.07) is 0. The van der Waals surface area contributed by atoms with Crippen molar-refractivity contribution in [1.29, 1.82) is 0 Å². The van der Waals surface area contributed by atoms with Crippen molar-refractivity contribution < 1.29 is 4.79 Å². The van der Waals surface area contributed by atoms with E-state index in [0.29, 0.717) is 16.5 Å². The Balaban J connectivity index is 2.21. The molecule has 116 valence electrons. The standard InChI is InChI=1S/C15H22ClN3OS/c1-10(2)13-17-9-11(16)12(18-13)14(20)19-6-5-15(3,4)21-8-7-19/h9-10H,5-8H2,1-4H3. The first-order valence-electron chi connectivity index (χ1n) is 7.26. The third kappa shape index (κ3) is 4.10. The van der Waals surface area contributed by atoms with Gasteiger partial charge in [-0.15, -0.1) is 0 Å². The molecular formula is C15H22ClN3OS. The van der Waals surface area contributed by atoms with Crippen molar-refractivity contribution in [2.75, 3.05) is 18.8 Å². The van der Waals surface area contributed by atoms with Gasteiger partial charge in [-0.2, -0.15) is 11.8 Å². The predicted octanol–water partition coefficient (Wildman–Crippen LogP) is 3.61. The van der Waals surface area contributed by atoms with E-state index >= 15 is 0 Å². The van der Waals surface area contributed by atoms with Gasteiger partial charge >= 0.3 is 0 Å². The molecule has 0 N–H and O–H groups in total. The number of halogens is 1. The lowest BCUT2D eigenvalue weighted by molar-refractivity contribution is 0.0758. The molecular weight excluding hydrogens is 306 g/mol. The van der Waals surface area contributed by atoms with Crippen LogP contribution in [-0.4, -0.2) is 44.4 Å². The molecule has 21 heavy (non-hydrogen) atoms. The number of hydrogen-bond acceptors (Lipinski definition) is 4. The Hall–Kier alpha value is -0.810. The Kier molecular flexibility index (Phi) is 5.15. The van der Waals surface area contributed by atoms with Crippen LogP contribution in [0, 0.1) is 0 Å². The molecule has 0 saturated carbocycles. The SMILES string of the molecule is CC(C)c1ncc(Cl)c(C(=O)N2CCSC(C)(C)CC2)n1. The first-order chi connectivity index (χ1) is 9.80. The maximum Gasteiger partial charge on any atom is 0.274 e. The zero-order valence-corrected chi connectivity index (χ0v) is 14.6. The van der Waals surface area contributed by atoms with Crippen LogP contribution in [0.15, 0.2) is 6.20 Å². The van der Waals surface area contributed by atoms with E-state index < -0.39 is 0 Å². The predicted molar refractivity (Wildman–Crippen MR) is 88.2 cm³/mol. The fraction of sp³-hybridized carbons (Fsp3) is 0.667. The molecule has 0 aliphatic carbocycles. The topological polar surface area (TPSA) is 46.1 Å². The molecule has 0 aromatic carbocycles. The van der Waals surface area contributed by atoms with Gasteiger partial charge in [0.25, 0.3) is 5.91 Å². The molecule has 1 fully saturated rings. The van der Waals surface area contributed by atoms with Crippen molar-refractivity contribution in [3.8, 4) is 0 Å². The van der Waals surface area contributed by atoms with E-state index in [2.05, 4.69) is 23.8 Å². The molecule has 2 rings (SSSR count). The van der Waals surface area contributed by atoms with E-state index in [4.69, 9.17) is 11.6 Å². The van der Waals surface area contributed by atoms with E-state index in [1.165, 1.54) is 6.20 Å². The maximum atomic E-state index is 12.7. The number of amides is 1. The molecule has 0 atom stereocenters. The Morgan fingerprint density at radius 2 is 2.14 bits per heavy atom. The summed E-state index contributed by atoms with van der Waals surface area (Å²) in [6.07, 6.45) is 2.51. The lowest BCUT2D eigenvalue weighted by Gasteiger charge is -2.23. The number of carbonyl (C=O) groups is 1. The maximum absolute atomic E-state index is 12.7. The Labute approximate surface area is 135 Å². The second-order valence-corrected chi connectivity index (χ2v) is 8.44. The van der Waals surface area contributed by atoms with Crippen LogP contribution in [0.2, 0.25) is 5.02 Å². The average Bonchev–Trinajstić information content (AvgIpc) is 2.59. The number of thioether (sulfide) groups is 1. The van der Waals surface area contributed by atoms with E-state index in [-0.39, 0.29) is 16.6 Å². The Morgan fingerprint density at radius 1 is 1.43 bits per heavy atom. The van der Waals surface area contributed by atoms with Crippen LogP contribution in [0.25, 0.3) is 0 Å². The van der Waals surface area contributed by atoms with Crippen molar-refractivity contribution in [2.24, 2.45) is 0 Å². The average molecular weight is 328 g/mol. The van der Waals surface area contributed by atoms with Gasteiger partial charge in [0.15, 0.2) is 5.69 Å². The zero-order valence-electron chi connectivity index (χ0n) is 13.0. The Morgan fingerprint density at radius 3 is 2.81 bits per heavy atom. The molecule has 4 nitrogen and oxygen atoms in total. The highest BCUT2D eigenvalue weighted by atomic mass is 35.5. The number of carbonyl (C=O) groups excluding carboxylic acids is 1. The minimum absolute atomic E-state index is 0.0809. The highest BCUT2D eigenvalue weighted by molar-refractivity contribution is 8.00. The first kappa shape index (κ1) is 16.6. The summed E-state index contributed by atoms with van der Waals surface area (Å²) in [4.78, 5) is 23.1.